The van der Waals surface area contributed by atoms with Crippen molar-refractivity contribution < 1.29 is 4.79 Å². The van der Waals surface area contributed by atoms with Crippen molar-refractivity contribution in [2.45, 2.75) is 18.7 Å². The van der Waals surface area contributed by atoms with Gasteiger partial charge in [-0.2, -0.15) is 0 Å². The van der Waals surface area contributed by atoms with E-state index in [0.717, 1.165) is 5.56 Å². The number of carbonyl (C=O) groups is 1. The minimum atomic E-state index is -0.619. The zero-order valence-corrected chi connectivity index (χ0v) is 10.7. The van der Waals surface area contributed by atoms with E-state index in [1.54, 1.807) is 0 Å². The van der Waals surface area contributed by atoms with E-state index in [-0.39, 0.29) is 0 Å². The molecule has 4 heteroatoms. The summed E-state index contributed by atoms with van der Waals surface area (Å²) in [7, 11) is 0. The van der Waals surface area contributed by atoms with Gasteiger partial charge in [-0.25, -0.2) is 0 Å². The second kappa shape index (κ2) is 4.98. The number of amides is 1. The third kappa shape index (κ3) is 2.85. The number of carbonyl (C=O) groups excluding carboxylic acids is 1. The Labute approximate surface area is 102 Å². The topological polar surface area (TPSA) is 43.1 Å². The minimum Gasteiger partial charge on any atom is -0.368 e. The van der Waals surface area contributed by atoms with Gasteiger partial charge in [0.2, 0.25) is 5.91 Å². The van der Waals surface area contributed by atoms with Crippen molar-refractivity contribution in [2.75, 3.05) is 0 Å². The van der Waals surface area contributed by atoms with Gasteiger partial charge in [-0.15, -0.1) is 11.6 Å². The highest BCUT2D eigenvalue weighted by Crippen LogP contribution is 2.18. The molecule has 0 aliphatic heterocycles. The summed E-state index contributed by atoms with van der Waals surface area (Å²) < 4.78 is 1.17. The molecular weight excluding hydrogens is 312 g/mol. The fourth-order valence-corrected chi connectivity index (χ4v) is 1.89. The van der Waals surface area contributed by atoms with Crippen LogP contribution in [0.15, 0.2) is 18.2 Å². The molecule has 14 heavy (non-hydrogen) atoms. The molecule has 0 fully saturated rings. The maximum atomic E-state index is 10.8. The van der Waals surface area contributed by atoms with Crippen LogP contribution in [0.25, 0.3) is 0 Å². The van der Waals surface area contributed by atoms with Crippen molar-refractivity contribution in [1.29, 1.82) is 0 Å². The number of hydrogen-bond donors (Lipinski definition) is 1. The summed E-state index contributed by atoms with van der Waals surface area (Å²) in [6.07, 6.45) is 0.500. The molecule has 1 aromatic rings. The third-order valence-electron chi connectivity index (χ3n) is 2.09. The Morgan fingerprint density at radius 2 is 2.29 bits per heavy atom. The van der Waals surface area contributed by atoms with Crippen LogP contribution in [-0.2, 0) is 11.2 Å². The first-order valence-electron chi connectivity index (χ1n) is 4.19. The van der Waals surface area contributed by atoms with Crippen LogP contribution in [0, 0.1) is 10.5 Å². The van der Waals surface area contributed by atoms with Gasteiger partial charge < -0.3 is 5.73 Å². The zero-order valence-electron chi connectivity index (χ0n) is 7.76. The molecule has 1 atom stereocenters. The van der Waals surface area contributed by atoms with E-state index in [0.29, 0.717) is 6.42 Å². The van der Waals surface area contributed by atoms with E-state index in [2.05, 4.69) is 22.6 Å². The lowest BCUT2D eigenvalue weighted by Crippen LogP contribution is -2.25. The smallest absolute Gasteiger partial charge is 0.235 e. The number of rotatable bonds is 3. The number of nitrogens with two attached hydrogens (primary N) is 1. The molecule has 76 valence electrons. The molecule has 0 aliphatic carbocycles. The lowest BCUT2D eigenvalue weighted by molar-refractivity contribution is -0.117. The fraction of sp³-hybridized carbons (Fsp3) is 0.300. The van der Waals surface area contributed by atoms with E-state index in [9.17, 15) is 4.79 Å². The summed E-state index contributed by atoms with van der Waals surface area (Å²) in [6, 6.07) is 5.94. The van der Waals surface area contributed by atoms with E-state index in [4.69, 9.17) is 17.3 Å². The molecule has 0 saturated carbocycles. The Hall–Kier alpha value is -0.290. The van der Waals surface area contributed by atoms with Gasteiger partial charge in [-0.05, 0) is 53.1 Å². The van der Waals surface area contributed by atoms with Crippen LogP contribution in [-0.4, -0.2) is 11.3 Å². The Morgan fingerprint density at radius 3 is 2.86 bits per heavy atom. The lowest BCUT2D eigenvalue weighted by atomic mass is 10.0. The van der Waals surface area contributed by atoms with Gasteiger partial charge in [0.05, 0.1) is 0 Å². The van der Waals surface area contributed by atoms with Crippen LogP contribution in [0.5, 0.6) is 0 Å². The van der Waals surface area contributed by atoms with Crippen LogP contribution >= 0.6 is 34.2 Å². The van der Waals surface area contributed by atoms with Gasteiger partial charge in [0.15, 0.2) is 0 Å². The van der Waals surface area contributed by atoms with E-state index in [1.807, 2.05) is 25.1 Å². The first-order chi connectivity index (χ1) is 6.52. The molecular formula is C10H11ClINO. The predicted octanol–water partition coefficient (Wildman–Crippen LogP) is 2.23. The van der Waals surface area contributed by atoms with Crippen LogP contribution < -0.4 is 5.73 Å². The summed E-state index contributed by atoms with van der Waals surface area (Å²) in [5, 5.41) is -0.619. The number of benzene rings is 1. The Balaban J connectivity index is 2.87. The second-order valence-electron chi connectivity index (χ2n) is 3.10. The lowest BCUT2D eigenvalue weighted by Gasteiger charge is -2.09. The largest absolute Gasteiger partial charge is 0.368 e. The summed E-state index contributed by atoms with van der Waals surface area (Å²) in [5.41, 5.74) is 7.35. The Bertz CT molecular complexity index is 354. The van der Waals surface area contributed by atoms with E-state index in [1.165, 1.54) is 9.13 Å². The quantitative estimate of drug-likeness (QED) is 0.673. The molecule has 0 radical (unpaired) electrons. The fourth-order valence-electron chi connectivity index (χ4n) is 1.17. The van der Waals surface area contributed by atoms with Gasteiger partial charge in [0.25, 0.3) is 0 Å². The number of alkyl halides is 1. The molecule has 0 aromatic heterocycles. The number of hydrogen-bond acceptors (Lipinski definition) is 1. The molecule has 0 heterocycles. The maximum Gasteiger partial charge on any atom is 0.235 e. The van der Waals surface area contributed by atoms with Crippen LogP contribution in [0.1, 0.15) is 11.1 Å². The van der Waals surface area contributed by atoms with Crippen molar-refractivity contribution >= 4 is 40.1 Å². The van der Waals surface area contributed by atoms with Crippen molar-refractivity contribution in [2.24, 2.45) is 5.73 Å². The summed E-state index contributed by atoms with van der Waals surface area (Å²) >= 11 is 8.05. The molecule has 2 nitrogen and oxygen atoms in total. The number of halogens is 2. The highest BCUT2D eigenvalue weighted by atomic mass is 127. The molecule has 0 saturated heterocycles. The highest BCUT2D eigenvalue weighted by Gasteiger charge is 2.13. The van der Waals surface area contributed by atoms with Crippen LogP contribution in [0.3, 0.4) is 0 Å². The van der Waals surface area contributed by atoms with Gasteiger partial charge in [-0.1, -0.05) is 12.1 Å². The highest BCUT2D eigenvalue weighted by molar-refractivity contribution is 14.1. The summed E-state index contributed by atoms with van der Waals surface area (Å²) in [6.45, 7) is 2.02. The maximum absolute atomic E-state index is 10.8. The van der Waals surface area contributed by atoms with Crippen molar-refractivity contribution in [1.82, 2.24) is 0 Å². The normalized spacial score (nSPS) is 12.5. The standard InChI is InChI=1S/C10H11ClINO/c1-6-7(3-2-4-9(6)12)5-8(11)10(13)14/h2-4,8H,5H2,1H3,(H2,13,14). The predicted molar refractivity (Wildman–Crippen MR) is 66.4 cm³/mol. The average Bonchev–Trinajstić information content (AvgIpc) is 2.12. The molecule has 0 aliphatic rings. The number of primary amides is 1. The first kappa shape index (κ1) is 11.8. The molecule has 1 unspecified atom stereocenters. The molecule has 1 rings (SSSR count). The van der Waals surface area contributed by atoms with E-state index < -0.39 is 11.3 Å². The summed E-state index contributed by atoms with van der Waals surface area (Å²) in [5.74, 6) is -0.468. The van der Waals surface area contributed by atoms with Crippen molar-refractivity contribution in [3.8, 4) is 0 Å². The molecule has 1 amide bonds. The Kier molecular flexibility index (Phi) is 4.19. The van der Waals surface area contributed by atoms with Gasteiger partial charge in [0.1, 0.15) is 5.38 Å². The van der Waals surface area contributed by atoms with Crippen LogP contribution in [0.4, 0.5) is 0 Å². The molecule has 2 N–H and O–H groups in total. The van der Waals surface area contributed by atoms with Gasteiger partial charge in [-0.3, -0.25) is 4.79 Å². The molecule has 0 spiro atoms. The first-order valence-corrected chi connectivity index (χ1v) is 5.71. The summed E-state index contributed by atoms with van der Waals surface area (Å²) in [4.78, 5) is 10.8. The SMILES string of the molecule is Cc1c(I)cccc1CC(Cl)C(N)=O. The van der Waals surface area contributed by atoms with E-state index >= 15 is 0 Å². The zero-order chi connectivity index (χ0) is 10.7. The monoisotopic (exact) mass is 323 g/mol. The molecule has 1 aromatic carbocycles. The molecule has 0 bridgehead atoms. The minimum absolute atomic E-state index is 0.468. The Morgan fingerprint density at radius 1 is 1.64 bits per heavy atom. The van der Waals surface area contributed by atoms with Crippen molar-refractivity contribution in [3.05, 3.63) is 32.9 Å². The second-order valence-corrected chi connectivity index (χ2v) is 4.79. The van der Waals surface area contributed by atoms with Crippen LogP contribution in [0.2, 0.25) is 0 Å². The van der Waals surface area contributed by atoms with Crippen molar-refractivity contribution in [3.63, 3.8) is 0 Å². The average molecular weight is 324 g/mol. The van der Waals surface area contributed by atoms with Gasteiger partial charge in [0, 0.05) is 3.57 Å². The van der Waals surface area contributed by atoms with Gasteiger partial charge >= 0.3 is 0 Å². The third-order valence-corrected chi connectivity index (χ3v) is 3.63.